The van der Waals surface area contributed by atoms with Crippen LogP contribution in [0.15, 0.2) is 16.6 Å². The molecule has 1 rings (SSSR count). The molecule has 88 valence electrons. The quantitative estimate of drug-likeness (QED) is 0.797. The number of carboxylic acids is 1. The molecule has 0 spiro atoms. The molecule has 1 aromatic carbocycles. The lowest BCUT2D eigenvalue weighted by Crippen LogP contribution is -2.20. The molecule has 1 aromatic rings. The second-order valence-electron chi connectivity index (χ2n) is 3.90. The minimum absolute atomic E-state index is 0.0817. The van der Waals surface area contributed by atoms with Crippen molar-refractivity contribution >= 4 is 21.9 Å². The molecule has 0 heterocycles. The van der Waals surface area contributed by atoms with Gasteiger partial charge in [-0.15, -0.1) is 0 Å². The Labute approximate surface area is 102 Å². The van der Waals surface area contributed by atoms with E-state index >= 15 is 0 Å². The maximum Gasteiger partial charge on any atom is 0.325 e. The van der Waals surface area contributed by atoms with Gasteiger partial charge in [0.15, 0.2) is 0 Å². The lowest BCUT2D eigenvalue weighted by Gasteiger charge is -2.14. The molecule has 4 nitrogen and oxygen atoms in total. The number of aliphatic carboxylic acids is 1. The van der Waals surface area contributed by atoms with Crippen molar-refractivity contribution in [2.75, 3.05) is 0 Å². The second-order valence-corrected chi connectivity index (χ2v) is 4.76. The Hall–Kier alpha value is -1.07. The Morgan fingerprint density at radius 1 is 1.38 bits per heavy atom. The largest absolute Gasteiger partial charge is 0.508 e. The van der Waals surface area contributed by atoms with Crippen molar-refractivity contribution in [3.63, 3.8) is 0 Å². The molecule has 0 aromatic heterocycles. The summed E-state index contributed by atoms with van der Waals surface area (Å²) in [7, 11) is 0. The van der Waals surface area contributed by atoms with Crippen molar-refractivity contribution in [2.45, 2.75) is 25.8 Å². The van der Waals surface area contributed by atoms with E-state index in [0.717, 1.165) is 10.0 Å². The number of carboxylic acid groups (broad SMARTS) is 1. The highest BCUT2D eigenvalue weighted by atomic mass is 79.9. The summed E-state index contributed by atoms with van der Waals surface area (Å²) in [6.45, 7) is 3.96. The van der Waals surface area contributed by atoms with E-state index in [-0.39, 0.29) is 17.2 Å². The first-order valence-corrected chi connectivity index (χ1v) is 5.64. The first-order chi connectivity index (χ1) is 7.34. The molecule has 16 heavy (non-hydrogen) atoms. The summed E-state index contributed by atoms with van der Waals surface area (Å²) in [5, 5.41) is 18.5. The third-order valence-electron chi connectivity index (χ3n) is 2.37. The third-order valence-corrected chi connectivity index (χ3v) is 3.06. The van der Waals surface area contributed by atoms with Gasteiger partial charge in [-0.05, 0) is 23.6 Å². The van der Waals surface area contributed by atoms with Gasteiger partial charge in [0.05, 0.1) is 0 Å². The van der Waals surface area contributed by atoms with Crippen molar-refractivity contribution in [3.8, 4) is 5.75 Å². The summed E-state index contributed by atoms with van der Waals surface area (Å²) >= 11 is 3.34. The number of hydrogen-bond donors (Lipinski definition) is 3. The van der Waals surface area contributed by atoms with Crippen molar-refractivity contribution in [3.05, 3.63) is 27.7 Å². The lowest BCUT2D eigenvalue weighted by molar-refractivity contribution is -0.138. The molecule has 1 unspecified atom stereocenters. The number of rotatable bonds is 3. The summed E-state index contributed by atoms with van der Waals surface area (Å²) < 4.78 is 0.756. The number of benzene rings is 1. The Balaban J connectivity index is 3.25. The van der Waals surface area contributed by atoms with E-state index in [4.69, 9.17) is 10.8 Å². The van der Waals surface area contributed by atoms with Crippen LogP contribution in [0.5, 0.6) is 5.75 Å². The molecule has 4 N–H and O–H groups in total. The predicted octanol–water partition coefficient (Wildman–Crippen LogP) is 2.36. The molecule has 0 saturated carbocycles. The molecular weight excluding hydrogens is 274 g/mol. The fraction of sp³-hybridized carbons (Fsp3) is 0.364. The van der Waals surface area contributed by atoms with E-state index in [1.165, 1.54) is 0 Å². The van der Waals surface area contributed by atoms with Gasteiger partial charge in [-0.25, -0.2) is 0 Å². The van der Waals surface area contributed by atoms with Gasteiger partial charge in [0.2, 0.25) is 0 Å². The molecule has 0 saturated heterocycles. The SMILES string of the molecule is CC(C)c1cc(O)c(C(N)C(=O)O)cc1Br. The van der Waals surface area contributed by atoms with E-state index in [1.807, 2.05) is 13.8 Å². The van der Waals surface area contributed by atoms with Crippen LogP contribution in [-0.2, 0) is 4.79 Å². The number of hydrogen-bond acceptors (Lipinski definition) is 3. The van der Waals surface area contributed by atoms with Gasteiger partial charge in [0.25, 0.3) is 0 Å². The molecule has 1 atom stereocenters. The minimum atomic E-state index is -1.21. The Kier molecular flexibility index (Phi) is 3.93. The first kappa shape index (κ1) is 13.0. The van der Waals surface area contributed by atoms with Gasteiger partial charge in [-0.3, -0.25) is 4.79 Å². The van der Waals surface area contributed by atoms with Crippen molar-refractivity contribution < 1.29 is 15.0 Å². The van der Waals surface area contributed by atoms with Crippen LogP contribution in [-0.4, -0.2) is 16.2 Å². The molecule has 0 aliphatic carbocycles. The second kappa shape index (κ2) is 4.84. The standard InChI is InChI=1S/C11H14BrNO3/c1-5(2)6-4-9(14)7(3-8(6)12)10(13)11(15)16/h3-5,10,14H,13H2,1-2H3,(H,15,16). The van der Waals surface area contributed by atoms with E-state index < -0.39 is 12.0 Å². The van der Waals surface area contributed by atoms with Crippen LogP contribution in [0.1, 0.15) is 36.9 Å². The average molecular weight is 288 g/mol. The third kappa shape index (κ3) is 2.54. The molecule has 5 heteroatoms. The van der Waals surface area contributed by atoms with Crippen LogP contribution >= 0.6 is 15.9 Å². The Bertz CT molecular complexity index is 418. The maximum absolute atomic E-state index is 10.7. The number of phenolic OH excluding ortho intramolecular Hbond substituents is 1. The Morgan fingerprint density at radius 2 is 1.94 bits per heavy atom. The topological polar surface area (TPSA) is 83.5 Å². The maximum atomic E-state index is 10.7. The highest BCUT2D eigenvalue weighted by Gasteiger charge is 2.20. The number of halogens is 1. The van der Waals surface area contributed by atoms with Crippen LogP contribution in [0.4, 0.5) is 0 Å². The zero-order chi connectivity index (χ0) is 12.5. The fourth-order valence-electron chi connectivity index (χ4n) is 1.42. The van der Waals surface area contributed by atoms with Gasteiger partial charge in [0, 0.05) is 10.0 Å². The normalized spacial score (nSPS) is 12.8. The number of nitrogens with two attached hydrogens (primary N) is 1. The molecule has 0 aliphatic rings. The van der Waals surface area contributed by atoms with E-state index in [9.17, 15) is 9.90 Å². The zero-order valence-corrected chi connectivity index (χ0v) is 10.7. The number of aromatic hydroxyl groups is 1. The summed E-state index contributed by atoms with van der Waals surface area (Å²) in [5.41, 5.74) is 6.58. The van der Waals surface area contributed by atoms with E-state index in [2.05, 4.69) is 15.9 Å². The van der Waals surface area contributed by atoms with Crippen LogP contribution in [0.3, 0.4) is 0 Å². The van der Waals surface area contributed by atoms with Crippen LogP contribution < -0.4 is 5.73 Å². The average Bonchev–Trinajstić information content (AvgIpc) is 2.19. The van der Waals surface area contributed by atoms with Gasteiger partial charge < -0.3 is 15.9 Å². The van der Waals surface area contributed by atoms with Gasteiger partial charge >= 0.3 is 5.97 Å². The zero-order valence-electron chi connectivity index (χ0n) is 9.07. The van der Waals surface area contributed by atoms with Crippen LogP contribution in [0.2, 0.25) is 0 Å². The molecule has 0 bridgehead atoms. The predicted molar refractivity (Wildman–Crippen MR) is 64.5 cm³/mol. The number of phenols is 1. The van der Waals surface area contributed by atoms with Crippen molar-refractivity contribution in [2.24, 2.45) is 5.73 Å². The summed E-state index contributed by atoms with van der Waals surface area (Å²) in [6.07, 6.45) is 0. The first-order valence-electron chi connectivity index (χ1n) is 4.85. The van der Waals surface area contributed by atoms with Gasteiger partial charge in [-0.1, -0.05) is 29.8 Å². The smallest absolute Gasteiger partial charge is 0.325 e. The van der Waals surface area contributed by atoms with Crippen LogP contribution in [0, 0.1) is 0 Å². The monoisotopic (exact) mass is 287 g/mol. The summed E-state index contributed by atoms with van der Waals surface area (Å²) in [6, 6.07) is 1.90. The van der Waals surface area contributed by atoms with Gasteiger partial charge in [-0.2, -0.15) is 0 Å². The number of carbonyl (C=O) groups is 1. The lowest BCUT2D eigenvalue weighted by atomic mass is 9.98. The van der Waals surface area contributed by atoms with E-state index in [1.54, 1.807) is 12.1 Å². The van der Waals surface area contributed by atoms with Crippen LogP contribution in [0.25, 0.3) is 0 Å². The molecule has 0 fully saturated rings. The molecular formula is C11H14BrNO3. The van der Waals surface area contributed by atoms with Crippen molar-refractivity contribution in [1.29, 1.82) is 0 Å². The van der Waals surface area contributed by atoms with E-state index in [0.29, 0.717) is 0 Å². The highest BCUT2D eigenvalue weighted by Crippen LogP contribution is 2.33. The van der Waals surface area contributed by atoms with Gasteiger partial charge in [0.1, 0.15) is 11.8 Å². The molecule has 0 aliphatic heterocycles. The molecule has 0 radical (unpaired) electrons. The Morgan fingerprint density at radius 3 is 2.38 bits per heavy atom. The molecule has 0 amide bonds. The highest BCUT2D eigenvalue weighted by molar-refractivity contribution is 9.10. The summed E-state index contributed by atoms with van der Waals surface area (Å²) in [5.74, 6) is -1.02. The summed E-state index contributed by atoms with van der Waals surface area (Å²) in [4.78, 5) is 10.7. The minimum Gasteiger partial charge on any atom is -0.508 e. The fourth-order valence-corrected chi connectivity index (χ4v) is 2.24. The van der Waals surface area contributed by atoms with Crippen molar-refractivity contribution in [1.82, 2.24) is 0 Å².